The highest BCUT2D eigenvalue weighted by Crippen LogP contribution is 2.22. The van der Waals surface area contributed by atoms with Crippen LogP contribution in [0.2, 0.25) is 0 Å². The third kappa shape index (κ3) is 6.05. The molecule has 0 unspecified atom stereocenters. The molecule has 2 aromatic carbocycles. The van der Waals surface area contributed by atoms with Crippen molar-refractivity contribution in [1.82, 2.24) is 10.3 Å². The molecule has 30 heavy (non-hydrogen) atoms. The van der Waals surface area contributed by atoms with Crippen LogP contribution >= 0.6 is 15.9 Å². The van der Waals surface area contributed by atoms with Crippen LogP contribution in [0.25, 0.3) is 0 Å². The fourth-order valence-electron chi connectivity index (χ4n) is 2.56. The summed E-state index contributed by atoms with van der Waals surface area (Å²) in [6.07, 6.45) is 3.43. The van der Waals surface area contributed by atoms with Crippen molar-refractivity contribution in [1.29, 1.82) is 0 Å². The second-order valence-corrected chi connectivity index (χ2v) is 7.13. The molecule has 0 radical (unpaired) electrons. The highest BCUT2D eigenvalue weighted by molar-refractivity contribution is 9.10. The molecule has 0 aliphatic heterocycles. The lowest BCUT2D eigenvalue weighted by Crippen LogP contribution is -2.36. The van der Waals surface area contributed by atoms with E-state index in [1.807, 2.05) is 36.4 Å². The number of nitrogens with zero attached hydrogens (tertiary/aromatic N) is 2. The second kappa shape index (κ2) is 10.4. The van der Waals surface area contributed by atoms with E-state index in [0.717, 1.165) is 15.7 Å². The molecule has 3 aromatic rings. The summed E-state index contributed by atoms with van der Waals surface area (Å²) in [5.74, 6) is 1.01. The zero-order chi connectivity index (χ0) is 21.3. The molecule has 8 heteroatoms. The Morgan fingerprint density at radius 1 is 1.07 bits per heavy atom. The summed E-state index contributed by atoms with van der Waals surface area (Å²) in [6, 6.07) is 16.3. The minimum Gasteiger partial charge on any atom is -0.497 e. The summed E-state index contributed by atoms with van der Waals surface area (Å²) in [5, 5.41) is 5.97. The SMILES string of the molecule is COc1cc(OC)cc(C(=O)NC(=NCc2cccnc2)Nc2ccc(Br)cc2)c1. The summed E-state index contributed by atoms with van der Waals surface area (Å²) in [5.41, 5.74) is 2.09. The van der Waals surface area contributed by atoms with Crippen molar-refractivity contribution in [2.45, 2.75) is 6.54 Å². The van der Waals surface area contributed by atoms with E-state index >= 15 is 0 Å². The van der Waals surface area contributed by atoms with Crippen LogP contribution < -0.4 is 20.1 Å². The molecule has 1 aromatic heterocycles. The van der Waals surface area contributed by atoms with Gasteiger partial charge in [-0.25, -0.2) is 4.99 Å². The van der Waals surface area contributed by atoms with E-state index in [9.17, 15) is 4.79 Å². The monoisotopic (exact) mass is 468 g/mol. The fourth-order valence-corrected chi connectivity index (χ4v) is 2.82. The van der Waals surface area contributed by atoms with Crippen molar-refractivity contribution in [3.63, 3.8) is 0 Å². The third-order valence-corrected chi connectivity index (χ3v) is 4.62. The van der Waals surface area contributed by atoms with Gasteiger partial charge in [0, 0.05) is 34.2 Å². The lowest BCUT2D eigenvalue weighted by molar-refractivity contribution is 0.0976. The number of nitrogens with one attached hydrogen (secondary N) is 2. The summed E-state index contributed by atoms with van der Waals surface area (Å²) in [7, 11) is 3.07. The van der Waals surface area contributed by atoms with E-state index in [2.05, 4.69) is 36.5 Å². The van der Waals surface area contributed by atoms with Gasteiger partial charge in [0.2, 0.25) is 5.96 Å². The number of aliphatic imine (C=N–C) groups is 1. The average molecular weight is 469 g/mol. The van der Waals surface area contributed by atoms with Gasteiger partial charge in [-0.15, -0.1) is 0 Å². The van der Waals surface area contributed by atoms with Crippen LogP contribution in [0.15, 0.2) is 76.5 Å². The van der Waals surface area contributed by atoms with E-state index in [-0.39, 0.29) is 5.91 Å². The molecule has 0 saturated carbocycles. The molecule has 7 nitrogen and oxygen atoms in total. The Labute approximate surface area is 183 Å². The molecule has 0 saturated heterocycles. The average Bonchev–Trinajstić information content (AvgIpc) is 2.79. The number of carbonyl (C=O) groups excluding carboxylic acids is 1. The zero-order valence-corrected chi connectivity index (χ0v) is 18.1. The second-order valence-electron chi connectivity index (χ2n) is 6.21. The number of amides is 1. The van der Waals surface area contributed by atoms with Crippen LogP contribution in [0, 0.1) is 0 Å². The first-order valence-corrected chi connectivity index (χ1v) is 9.87. The zero-order valence-electron chi connectivity index (χ0n) is 16.6. The Balaban J connectivity index is 1.83. The van der Waals surface area contributed by atoms with Gasteiger partial charge >= 0.3 is 0 Å². The highest BCUT2D eigenvalue weighted by Gasteiger charge is 2.13. The summed E-state index contributed by atoms with van der Waals surface area (Å²) >= 11 is 3.41. The first kappa shape index (κ1) is 21.3. The molecular formula is C22H21BrN4O3. The maximum Gasteiger partial charge on any atom is 0.258 e. The molecule has 154 valence electrons. The summed E-state index contributed by atoms with van der Waals surface area (Å²) < 4.78 is 11.4. The van der Waals surface area contributed by atoms with Crippen LogP contribution in [0.3, 0.4) is 0 Å². The van der Waals surface area contributed by atoms with E-state index in [1.54, 1.807) is 30.6 Å². The van der Waals surface area contributed by atoms with E-state index < -0.39 is 0 Å². The Kier molecular flexibility index (Phi) is 7.40. The fraction of sp³-hybridized carbons (Fsp3) is 0.136. The Hall–Kier alpha value is -3.39. The van der Waals surface area contributed by atoms with Gasteiger partial charge < -0.3 is 14.8 Å². The van der Waals surface area contributed by atoms with Crippen LogP contribution in [-0.4, -0.2) is 31.1 Å². The maximum absolute atomic E-state index is 12.9. The molecule has 2 N–H and O–H groups in total. The molecule has 3 rings (SSSR count). The van der Waals surface area contributed by atoms with E-state index in [4.69, 9.17) is 9.47 Å². The van der Waals surface area contributed by atoms with Crippen molar-refractivity contribution in [3.05, 3.63) is 82.6 Å². The first-order chi connectivity index (χ1) is 14.6. The van der Waals surface area contributed by atoms with Gasteiger partial charge in [-0.1, -0.05) is 22.0 Å². The van der Waals surface area contributed by atoms with Crippen LogP contribution in [0.1, 0.15) is 15.9 Å². The predicted octanol–water partition coefficient (Wildman–Crippen LogP) is 4.26. The van der Waals surface area contributed by atoms with E-state index in [1.165, 1.54) is 14.2 Å². The topological polar surface area (TPSA) is 84.8 Å². The highest BCUT2D eigenvalue weighted by atomic mass is 79.9. The number of rotatable bonds is 6. The van der Waals surface area contributed by atoms with Gasteiger partial charge in [-0.3, -0.25) is 15.1 Å². The van der Waals surface area contributed by atoms with Crippen LogP contribution in [0.5, 0.6) is 11.5 Å². The smallest absolute Gasteiger partial charge is 0.258 e. The largest absolute Gasteiger partial charge is 0.497 e. The van der Waals surface area contributed by atoms with Gasteiger partial charge in [-0.2, -0.15) is 0 Å². The molecule has 1 amide bonds. The Morgan fingerprint density at radius 2 is 1.77 bits per heavy atom. The molecule has 0 spiro atoms. The molecular weight excluding hydrogens is 448 g/mol. The number of aromatic nitrogens is 1. The number of anilines is 1. The minimum atomic E-state index is -0.346. The van der Waals surface area contributed by atoms with Crippen LogP contribution in [0.4, 0.5) is 5.69 Å². The van der Waals surface area contributed by atoms with Gasteiger partial charge in [0.05, 0.1) is 20.8 Å². The maximum atomic E-state index is 12.9. The Morgan fingerprint density at radius 3 is 2.37 bits per heavy atom. The standard InChI is InChI=1S/C22H21BrN4O3/c1-29-19-10-16(11-20(12-19)30-2)21(28)27-22(25-14-15-4-3-9-24-13-15)26-18-7-5-17(23)6-8-18/h3-13H,14H2,1-2H3,(H2,25,26,27,28). The predicted molar refractivity (Wildman–Crippen MR) is 120 cm³/mol. The summed E-state index contributed by atoms with van der Waals surface area (Å²) in [6.45, 7) is 0.356. The quantitative estimate of drug-likeness (QED) is 0.417. The molecule has 1 heterocycles. The molecule has 0 fully saturated rings. The number of methoxy groups -OCH3 is 2. The molecule has 0 atom stereocenters. The third-order valence-electron chi connectivity index (χ3n) is 4.10. The van der Waals surface area contributed by atoms with E-state index in [0.29, 0.717) is 29.6 Å². The van der Waals surface area contributed by atoms with Gasteiger partial charge in [0.25, 0.3) is 5.91 Å². The van der Waals surface area contributed by atoms with Crippen molar-refractivity contribution in [2.24, 2.45) is 4.99 Å². The van der Waals surface area contributed by atoms with Crippen LogP contribution in [-0.2, 0) is 6.54 Å². The van der Waals surface area contributed by atoms with Gasteiger partial charge in [0.1, 0.15) is 11.5 Å². The Bertz CT molecular complexity index is 1000. The minimum absolute atomic E-state index is 0.313. The summed E-state index contributed by atoms with van der Waals surface area (Å²) in [4.78, 5) is 21.5. The molecule has 0 aliphatic rings. The number of hydrogen-bond donors (Lipinski definition) is 2. The normalized spacial score (nSPS) is 11.0. The lowest BCUT2D eigenvalue weighted by atomic mass is 10.2. The van der Waals surface area contributed by atoms with Gasteiger partial charge in [0.15, 0.2) is 0 Å². The molecule has 0 aliphatic carbocycles. The van der Waals surface area contributed by atoms with Gasteiger partial charge in [-0.05, 0) is 48.0 Å². The molecule has 0 bridgehead atoms. The number of pyridine rings is 1. The number of guanidine groups is 1. The lowest BCUT2D eigenvalue weighted by Gasteiger charge is -2.13. The van der Waals surface area contributed by atoms with Crippen molar-refractivity contribution < 1.29 is 14.3 Å². The number of benzene rings is 2. The number of ether oxygens (including phenoxy) is 2. The number of carbonyl (C=O) groups is 1. The number of halogens is 1. The first-order valence-electron chi connectivity index (χ1n) is 9.08. The number of hydrogen-bond acceptors (Lipinski definition) is 5. The van der Waals surface area contributed by atoms with Crippen molar-refractivity contribution >= 4 is 33.5 Å². The van der Waals surface area contributed by atoms with Crippen molar-refractivity contribution in [2.75, 3.05) is 19.5 Å². The van der Waals surface area contributed by atoms with Crippen molar-refractivity contribution in [3.8, 4) is 11.5 Å².